The summed E-state index contributed by atoms with van der Waals surface area (Å²) in [4.78, 5) is 0. The van der Waals surface area contributed by atoms with Crippen molar-refractivity contribution in [2.45, 2.75) is 5.33 Å². The minimum Gasteiger partial charge on any atom is -0.204 e. The van der Waals surface area contributed by atoms with Crippen molar-refractivity contribution in [2.24, 2.45) is 0 Å². The van der Waals surface area contributed by atoms with Crippen LogP contribution in [0.1, 0.15) is 11.1 Å². The third-order valence-corrected chi connectivity index (χ3v) is 1.98. The highest BCUT2D eigenvalue weighted by molar-refractivity contribution is 9.08. The van der Waals surface area contributed by atoms with Crippen LogP contribution >= 0.6 is 15.9 Å². The first-order chi connectivity index (χ1) is 5.69. The third kappa shape index (κ3) is 1.62. The molecule has 1 aromatic rings. The summed E-state index contributed by atoms with van der Waals surface area (Å²) in [6.07, 6.45) is 0. The Bertz CT molecular complexity index is 344. The Kier molecular flexibility index (Phi) is 2.77. The summed E-state index contributed by atoms with van der Waals surface area (Å²) in [6.45, 7) is 0. The van der Waals surface area contributed by atoms with Gasteiger partial charge in [-0.2, -0.15) is 5.26 Å². The van der Waals surface area contributed by atoms with Gasteiger partial charge in [-0.1, -0.05) is 15.9 Å². The van der Waals surface area contributed by atoms with Crippen LogP contribution in [0.25, 0.3) is 0 Å². The van der Waals surface area contributed by atoms with Crippen LogP contribution in [0.2, 0.25) is 0 Å². The molecule has 0 radical (unpaired) electrons. The van der Waals surface area contributed by atoms with Crippen LogP contribution < -0.4 is 0 Å². The summed E-state index contributed by atoms with van der Waals surface area (Å²) in [6, 6.07) is 3.93. The molecule has 0 saturated heterocycles. The molecule has 0 bridgehead atoms. The lowest BCUT2D eigenvalue weighted by Crippen LogP contribution is -1.92. The Morgan fingerprint density at radius 2 is 2.08 bits per heavy atom. The largest absolute Gasteiger partial charge is 0.204 e. The van der Waals surface area contributed by atoms with E-state index in [4.69, 9.17) is 5.26 Å². The maximum atomic E-state index is 12.8. The van der Waals surface area contributed by atoms with Crippen LogP contribution in [0.5, 0.6) is 0 Å². The van der Waals surface area contributed by atoms with Crippen molar-refractivity contribution in [1.29, 1.82) is 5.26 Å². The molecule has 0 spiro atoms. The molecule has 0 N–H and O–H groups in total. The number of halogens is 3. The first-order valence-electron chi connectivity index (χ1n) is 3.13. The van der Waals surface area contributed by atoms with Crippen molar-refractivity contribution in [2.75, 3.05) is 0 Å². The van der Waals surface area contributed by atoms with Crippen LogP contribution in [0.3, 0.4) is 0 Å². The molecule has 0 atom stereocenters. The highest BCUT2D eigenvalue weighted by atomic mass is 79.9. The molecule has 1 aromatic carbocycles. The molecular formula is C8H4BrF2N. The predicted molar refractivity (Wildman–Crippen MR) is 43.7 cm³/mol. The van der Waals surface area contributed by atoms with Crippen LogP contribution in [-0.2, 0) is 5.33 Å². The molecule has 62 valence electrons. The first-order valence-corrected chi connectivity index (χ1v) is 4.25. The lowest BCUT2D eigenvalue weighted by molar-refractivity contribution is 0.502. The maximum Gasteiger partial charge on any atom is 0.162 e. The van der Waals surface area contributed by atoms with Crippen molar-refractivity contribution in [3.8, 4) is 6.07 Å². The number of rotatable bonds is 1. The SMILES string of the molecule is N#Cc1cc(F)c(F)c(CBr)c1. The minimum atomic E-state index is -0.983. The zero-order valence-electron chi connectivity index (χ0n) is 5.94. The van der Waals surface area contributed by atoms with Crippen molar-refractivity contribution in [1.82, 2.24) is 0 Å². The van der Waals surface area contributed by atoms with E-state index in [2.05, 4.69) is 15.9 Å². The van der Waals surface area contributed by atoms with Gasteiger partial charge in [0, 0.05) is 10.9 Å². The van der Waals surface area contributed by atoms with E-state index in [1.807, 2.05) is 0 Å². The van der Waals surface area contributed by atoms with E-state index in [0.29, 0.717) is 0 Å². The molecule has 0 aliphatic heterocycles. The fourth-order valence-electron chi connectivity index (χ4n) is 0.808. The Morgan fingerprint density at radius 3 is 2.58 bits per heavy atom. The van der Waals surface area contributed by atoms with Gasteiger partial charge in [0.2, 0.25) is 0 Å². The van der Waals surface area contributed by atoms with Crippen molar-refractivity contribution in [3.63, 3.8) is 0 Å². The lowest BCUT2D eigenvalue weighted by Gasteiger charge is -1.99. The van der Waals surface area contributed by atoms with Gasteiger partial charge in [-0.25, -0.2) is 8.78 Å². The predicted octanol–water partition coefficient (Wildman–Crippen LogP) is 2.73. The summed E-state index contributed by atoms with van der Waals surface area (Å²) in [7, 11) is 0. The Hall–Kier alpha value is -0.950. The molecule has 0 aromatic heterocycles. The molecule has 0 aliphatic carbocycles. The van der Waals surface area contributed by atoms with Gasteiger partial charge in [0.05, 0.1) is 11.6 Å². The van der Waals surface area contributed by atoms with E-state index in [1.165, 1.54) is 6.07 Å². The van der Waals surface area contributed by atoms with Crippen LogP contribution in [0.4, 0.5) is 8.78 Å². The zero-order valence-corrected chi connectivity index (χ0v) is 7.53. The lowest BCUT2D eigenvalue weighted by atomic mass is 10.1. The molecule has 0 aliphatic rings. The fourth-order valence-corrected chi connectivity index (χ4v) is 1.22. The van der Waals surface area contributed by atoms with Gasteiger partial charge in [0.25, 0.3) is 0 Å². The number of hydrogen-bond donors (Lipinski definition) is 0. The van der Waals surface area contributed by atoms with E-state index in [0.717, 1.165) is 6.07 Å². The first kappa shape index (κ1) is 9.14. The average molecular weight is 232 g/mol. The molecule has 0 amide bonds. The van der Waals surface area contributed by atoms with Crippen LogP contribution in [-0.4, -0.2) is 0 Å². The topological polar surface area (TPSA) is 23.8 Å². The van der Waals surface area contributed by atoms with Crippen LogP contribution in [0, 0.1) is 23.0 Å². The molecule has 0 unspecified atom stereocenters. The van der Waals surface area contributed by atoms with Gasteiger partial charge in [-0.05, 0) is 12.1 Å². The minimum absolute atomic E-state index is 0.128. The quantitative estimate of drug-likeness (QED) is 0.683. The number of nitriles is 1. The number of hydrogen-bond acceptors (Lipinski definition) is 1. The Balaban J connectivity index is 3.31. The highest BCUT2D eigenvalue weighted by Crippen LogP contribution is 2.16. The van der Waals surface area contributed by atoms with E-state index < -0.39 is 11.6 Å². The van der Waals surface area contributed by atoms with Crippen molar-refractivity contribution >= 4 is 15.9 Å². The summed E-state index contributed by atoms with van der Waals surface area (Å²) < 4.78 is 25.5. The van der Waals surface area contributed by atoms with Gasteiger partial charge < -0.3 is 0 Å². The second kappa shape index (κ2) is 3.63. The molecule has 0 saturated carbocycles. The van der Waals surface area contributed by atoms with Gasteiger partial charge >= 0.3 is 0 Å². The number of benzene rings is 1. The van der Waals surface area contributed by atoms with E-state index in [9.17, 15) is 8.78 Å². The van der Waals surface area contributed by atoms with Gasteiger partial charge in [-0.15, -0.1) is 0 Å². The summed E-state index contributed by atoms with van der Waals surface area (Å²) in [5.41, 5.74) is 0.287. The van der Waals surface area contributed by atoms with Gasteiger partial charge in [0.15, 0.2) is 11.6 Å². The zero-order chi connectivity index (χ0) is 9.14. The van der Waals surface area contributed by atoms with Crippen molar-refractivity contribution < 1.29 is 8.78 Å². The number of nitrogens with zero attached hydrogens (tertiary/aromatic N) is 1. The Labute approximate surface area is 76.8 Å². The average Bonchev–Trinajstić information content (AvgIpc) is 2.09. The number of alkyl halides is 1. The molecular weight excluding hydrogens is 228 g/mol. The third-order valence-electron chi connectivity index (χ3n) is 1.38. The standard InChI is InChI=1S/C8H4BrF2N/c9-3-6-1-5(4-12)2-7(10)8(6)11/h1-2H,3H2. The summed E-state index contributed by atoms with van der Waals surface area (Å²) in [5.74, 6) is -1.88. The summed E-state index contributed by atoms with van der Waals surface area (Å²) in [5, 5.41) is 8.62. The van der Waals surface area contributed by atoms with E-state index in [-0.39, 0.29) is 16.5 Å². The smallest absolute Gasteiger partial charge is 0.162 e. The molecule has 4 heteroatoms. The maximum absolute atomic E-state index is 12.8. The van der Waals surface area contributed by atoms with E-state index >= 15 is 0 Å². The fraction of sp³-hybridized carbons (Fsp3) is 0.125. The second-order valence-corrected chi connectivity index (χ2v) is 2.74. The monoisotopic (exact) mass is 231 g/mol. The summed E-state index contributed by atoms with van der Waals surface area (Å²) >= 11 is 2.99. The Morgan fingerprint density at radius 1 is 1.42 bits per heavy atom. The van der Waals surface area contributed by atoms with Crippen molar-refractivity contribution in [3.05, 3.63) is 34.9 Å². The van der Waals surface area contributed by atoms with E-state index in [1.54, 1.807) is 6.07 Å². The second-order valence-electron chi connectivity index (χ2n) is 2.18. The van der Waals surface area contributed by atoms with Crippen LogP contribution in [0.15, 0.2) is 12.1 Å². The van der Waals surface area contributed by atoms with Gasteiger partial charge in [0.1, 0.15) is 0 Å². The normalized spacial score (nSPS) is 9.50. The molecule has 12 heavy (non-hydrogen) atoms. The molecule has 0 heterocycles. The van der Waals surface area contributed by atoms with Gasteiger partial charge in [-0.3, -0.25) is 0 Å². The molecule has 1 nitrogen and oxygen atoms in total. The molecule has 0 fully saturated rings. The molecule has 1 rings (SSSR count). The highest BCUT2D eigenvalue weighted by Gasteiger charge is 2.08.